The molecule has 0 aliphatic carbocycles. The van der Waals surface area contributed by atoms with Gasteiger partial charge >= 0.3 is 0 Å². The van der Waals surface area contributed by atoms with Gasteiger partial charge in [0.1, 0.15) is 5.01 Å². The molecule has 3 aromatic rings. The molecule has 0 bridgehead atoms. The van der Waals surface area contributed by atoms with Gasteiger partial charge in [-0.1, -0.05) is 49.4 Å². The monoisotopic (exact) mass is 434 g/mol. The Morgan fingerprint density at radius 3 is 2.55 bits per heavy atom. The molecule has 0 spiro atoms. The third-order valence-electron chi connectivity index (χ3n) is 5.77. The number of benzene rings is 2. The average Bonchev–Trinajstić information content (AvgIpc) is 3.24. The summed E-state index contributed by atoms with van der Waals surface area (Å²) in [4.78, 5) is 22.1. The van der Waals surface area contributed by atoms with Gasteiger partial charge in [0.05, 0.1) is 12.1 Å². The van der Waals surface area contributed by atoms with E-state index in [1.165, 1.54) is 5.56 Å². The van der Waals surface area contributed by atoms with Crippen LogP contribution in [-0.2, 0) is 24.2 Å². The van der Waals surface area contributed by atoms with Gasteiger partial charge < -0.3 is 10.2 Å². The Labute approximate surface area is 188 Å². The van der Waals surface area contributed by atoms with E-state index in [9.17, 15) is 4.79 Å². The van der Waals surface area contributed by atoms with Crippen LogP contribution in [0.25, 0.3) is 10.6 Å². The van der Waals surface area contributed by atoms with Gasteiger partial charge in [-0.05, 0) is 30.7 Å². The van der Waals surface area contributed by atoms with Crippen molar-refractivity contribution in [3.63, 3.8) is 0 Å². The van der Waals surface area contributed by atoms with Crippen LogP contribution in [0.4, 0.5) is 5.69 Å². The van der Waals surface area contributed by atoms with Crippen LogP contribution in [0.1, 0.15) is 23.7 Å². The summed E-state index contributed by atoms with van der Waals surface area (Å²) in [5.41, 5.74) is 5.29. The predicted molar refractivity (Wildman–Crippen MR) is 128 cm³/mol. The molecule has 0 saturated carbocycles. The highest BCUT2D eigenvalue weighted by Crippen LogP contribution is 2.25. The highest BCUT2D eigenvalue weighted by molar-refractivity contribution is 7.13. The number of aryl methyl sites for hydroxylation is 1. The van der Waals surface area contributed by atoms with Crippen molar-refractivity contribution in [1.29, 1.82) is 0 Å². The molecule has 0 radical (unpaired) electrons. The number of aromatic nitrogens is 1. The third-order valence-corrected chi connectivity index (χ3v) is 6.71. The first-order chi connectivity index (χ1) is 15.1. The standard InChI is InChI=1S/C25H30N4OS/c1-3-20-6-4-5-7-23(20)27-24(30)16-22-18-31-25(26-22)21-10-8-19(9-11-21)17-29-14-12-28(2)13-15-29/h4-11,18H,3,12-17H2,1-2H3,(H,27,30). The van der Waals surface area contributed by atoms with Crippen LogP contribution in [0.2, 0.25) is 0 Å². The van der Waals surface area contributed by atoms with E-state index in [4.69, 9.17) is 4.98 Å². The molecule has 6 heteroatoms. The number of thiazole rings is 1. The molecule has 1 aromatic heterocycles. The SMILES string of the molecule is CCc1ccccc1NC(=O)Cc1csc(-c2ccc(CN3CCN(C)CC3)cc2)n1. The maximum atomic E-state index is 12.5. The second-order valence-corrected chi connectivity index (χ2v) is 9.01. The Balaban J connectivity index is 1.34. The quantitative estimate of drug-likeness (QED) is 0.602. The van der Waals surface area contributed by atoms with E-state index in [1.54, 1.807) is 11.3 Å². The van der Waals surface area contributed by atoms with Crippen molar-refractivity contribution in [1.82, 2.24) is 14.8 Å². The summed E-state index contributed by atoms with van der Waals surface area (Å²) in [5.74, 6) is -0.0275. The topological polar surface area (TPSA) is 48.5 Å². The first-order valence-corrected chi connectivity index (χ1v) is 11.8. The molecule has 2 aromatic carbocycles. The summed E-state index contributed by atoms with van der Waals surface area (Å²) in [7, 11) is 2.18. The summed E-state index contributed by atoms with van der Waals surface area (Å²) < 4.78 is 0. The number of likely N-dealkylation sites (N-methyl/N-ethyl adjacent to an activating group) is 1. The summed E-state index contributed by atoms with van der Waals surface area (Å²) in [6, 6.07) is 16.6. The highest BCUT2D eigenvalue weighted by atomic mass is 32.1. The van der Waals surface area contributed by atoms with E-state index in [-0.39, 0.29) is 12.3 Å². The molecule has 1 N–H and O–H groups in total. The molecular formula is C25H30N4OS. The lowest BCUT2D eigenvalue weighted by atomic mass is 10.1. The van der Waals surface area contributed by atoms with Crippen molar-refractivity contribution < 1.29 is 4.79 Å². The fourth-order valence-corrected chi connectivity index (χ4v) is 4.67. The number of nitrogens with zero attached hydrogens (tertiary/aromatic N) is 3. The van der Waals surface area contributed by atoms with Crippen LogP contribution < -0.4 is 5.32 Å². The average molecular weight is 435 g/mol. The summed E-state index contributed by atoms with van der Waals surface area (Å²) in [6.07, 6.45) is 1.18. The Morgan fingerprint density at radius 2 is 1.81 bits per heavy atom. The van der Waals surface area contributed by atoms with E-state index < -0.39 is 0 Å². The minimum absolute atomic E-state index is 0.0275. The zero-order chi connectivity index (χ0) is 21.6. The van der Waals surface area contributed by atoms with Gasteiger partial charge in [0, 0.05) is 49.4 Å². The summed E-state index contributed by atoms with van der Waals surface area (Å²) in [5, 5.41) is 5.97. The predicted octanol–water partition coefficient (Wildman–Crippen LogP) is 4.30. The van der Waals surface area contributed by atoms with Crippen LogP contribution in [-0.4, -0.2) is 53.9 Å². The Hall–Kier alpha value is -2.54. The smallest absolute Gasteiger partial charge is 0.230 e. The normalized spacial score (nSPS) is 15.2. The minimum Gasteiger partial charge on any atom is -0.325 e. The first kappa shape index (κ1) is 21.7. The van der Waals surface area contributed by atoms with Crippen molar-refractivity contribution in [2.75, 3.05) is 38.5 Å². The number of para-hydroxylation sites is 1. The van der Waals surface area contributed by atoms with Gasteiger partial charge in [-0.3, -0.25) is 9.69 Å². The number of amides is 1. The van der Waals surface area contributed by atoms with Gasteiger partial charge in [0.2, 0.25) is 5.91 Å². The van der Waals surface area contributed by atoms with Crippen molar-refractivity contribution in [2.24, 2.45) is 0 Å². The molecule has 1 fully saturated rings. The van der Waals surface area contributed by atoms with Gasteiger partial charge in [-0.2, -0.15) is 0 Å². The number of hydrogen-bond donors (Lipinski definition) is 1. The van der Waals surface area contributed by atoms with E-state index >= 15 is 0 Å². The lowest BCUT2D eigenvalue weighted by Crippen LogP contribution is -2.43. The van der Waals surface area contributed by atoms with E-state index in [1.807, 2.05) is 29.6 Å². The van der Waals surface area contributed by atoms with Gasteiger partial charge in [0.25, 0.3) is 0 Å². The van der Waals surface area contributed by atoms with E-state index in [0.717, 1.165) is 66.7 Å². The van der Waals surface area contributed by atoms with Crippen molar-refractivity contribution in [3.8, 4) is 10.6 Å². The Bertz CT molecular complexity index is 1010. The maximum Gasteiger partial charge on any atom is 0.230 e. The largest absolute Gasteiger partial charge is 0.325 e. The highest BCUT2D eigenvalue weighted by Gasteiger charge is 2.14. The Morgan fingerprint density at radius 1 is 1.06 bits per heavy atom. The van der Waals surface area contributed by atoms with E-state index in [2.05, 4.69) is 53.4 Å². The van der Waals surface area contributed by atoms with Crippen LogP contribution in [0.15, 0.2) is 53.9 Å². The summed E-state index contributed by atoms with van der Waals surface area (Å²) >= 11 is 1.59. The molecule has 4 rings (SSSR count). The van der Waals surface area contributed by atoms with Crippen molar-refractivity contribution in [2.45, 2.75) is 26.3 Å². The first-order valence-electron chi connectivity index (χ1n) is 10.9. The number of rotatable bonds is 7. The third kappa shape index (κ3) is 5.79. The van der Waals surface area contributed by atoms with Crippen LogP contribution in [0.3, 0.4) is 0 Å². The molecule has 1 aliphatic heterocycles. The van der Waals surface area contributed by atoms with Crippen LogP contribution >= 0.6 is 11.3 Å². The fraction of sp³-hybridized carbons (Fsp3) is 0.360. The number of piperazine rings is 1. The molecule has 1 aliphatic rings. The molecule has 1 saturated heterocycles. The van der Waals surface area contributed by atoms with Gasteiger partial charge in [0.15, 0.2) is 0 Å². The Kier molecular flexibility index (Phi) is 7.12. The zero-order valence-electron chi connectivity index (χ0n) is 18.3. The maximum absolute atomic E-state index is 12.5. The lowest BCUT2D eigenvalue weighted by molar-refractivity contribution is -0.115. The molecule has 162 valence electrons. The van der Waals surface area contributed by atoms with Crippen molar-refractivity contribution in [3.05, 3.63) is 70.7 Å². The zero-order valence-corrected chi connectivity index (χ0v) is 19.1. The molecule has 0 atom stereocenters. The van der Waals surface area contributed by atoms with Crippen LogP contribution in [0.5, 0.6) is 0 Å². The number of nitrogens with one attached hydrogen (secondary N) is 1. The van der Waals surface area contributed by atoms with Gasteiger partial charge in [-0.15, -0.1) is 11.3 Å². The molecule has 1 amide bonds. The minimum atomic E-state index is -0.0275. The molecule has 5 nitrogen and oxygen atoms in total. The van der Waals surface area contributed by atoms with E-state index in [0.29, 0.717) is 0 Å². The molecule has 2 heterocycles. The van der Waals surface area contributed by atoms with Crippen molar-refractivity contribution >= 4 is 22.9 Å². The van der Waals surface area contributed by atoms with Gasteiger partial charge in [-0.25, -0.2) is 4.98 Å². The number of carbonyl (C=O) groups excluding carboxylic acids is 1. The lowest BCUT2D eigenvalue weighted by Gasteiger charge is -2.32. The number of hydrogen-bond acceptors (Lipinski definition) is 5. The second-order valence-electron chi connectivity index (χ2n) is 8.16. The number of anilines is 1. The molecular weight excluding hydrogens is 404 g/mol. The fourth-order valence-electron chi connectivity index (χ4n) is 3.85. The number of carbonyl (C=O) groups is 1. The molecule has 0 unspecified atom stereocenters. The molecule has 31 heavy (non-hydrogen) atoms. The summed E-state index contributed by atoms with van der Waals surface area (Å²) in [6.45, 7) is 7.61. The second kappa shape index (κ2) is 10.2. The van der Waals surface area contributed by atoms with Crippen LogP contribution in [0, 0.1) is 0 Å².